The number of ether oxygens (including phenoxy) is 1. The van der Waals surface area contributed by atoms with Gasteiger partial charge in [-0.1, -0.05) is 22.9 Å². The lowest BCUT2D eigenvalue weighted by Crippen LogP contribution is -2.44. The number of likely N-dealkylation sites (N-methyl/N-ethyl adjacent to an activating group) is 1. The number of halogens is 1. The Hall–Kier alpha value is -0.430. The van der Waals surface area contributed by atoms with Gasteiger partial charge in [0, 0.05) is 23.2 Å². The summed E-state index contributed by atoms with van der Waals surface area (Å²) in [6.45, 7) is 5.65. The maximum Gasteiger partial charge on any atom is 0.0821 e. The molecule has 0 radical (unpaired) electrons. The van der Waals surface area contributed by atoms with Crippen molar-refractivity contribution in [3.05, 3.63) is 22.7 Å². The third-order valence-electron chi connectivity index (χ3n) is 3.23. The molecule has 19 heavy (non-hydrogen) atoms. The molecule has 1 saturated heterocycles. The number of nitrogens with two attached hydrogens (primary N) is 1. The Labute approximate surface area is 124 Å². The van der Waals surface area contributed by atoms with E-state index in [1.807, 2.05) is 12.1 Å². The van der Waals surface area contributed by atoms with Crippen LogP contribution in [0.4, 0.5) is 5.69 Å². The number of hydrogen-bond acceptors (Lipinski definition) is 4. The van der Waals surface area contributed by atoms with Crippen LogP contribution in [0, 0.1) is 0 Å². The Morgan fingerprint density at radius 1 is 1.58 bits per heavy atom. The minimum Gasteiger partial charge on any atom is -0.398 e. The summed E-state index contributed by atoms with van der Waals surface area (Å²) >= 11 is 3.38. The van der Waals surface area contributed by atoms with Crippen molar-refractivity contribution in [1.29, 1.82) is 0 Å². The zero-order valence-electron chi connectivity index (χ0n) is 11.0. The molecule has 1 aromatic rings. The van der Waals surface area contributed by atoms with Crippen LogP contribution >= 0.6 is 15.9 Å². The Balaban J connectivity index is 2.02. The van der Waals surface area contributed by atoms with Crippen LogP contribution in [0.2, 0.25) is 0 Å². The van der Waals surface area contributed by atoms with Crippen LogP contribution in [0.5, 0.6) is 0 Å². The van der Waals surface area contributed by atoms with Crippen LogP contribution in [0.3, 0.4) is 0 Å². The van der Waals surface area contributed by atoms with E-state index in [4.69, 9.17) is 10.5 Å². The summed E-state index contributed by atoms with van der Waals surface area (Å²) in [5.41, 5.74) is 6.46. The average Bonchev–Trinajstić information content (AvgIpc) is 2.41. The summed E-state index contributed by atoms with van der Waals surface area (Å²) in [7, 11) is -1.13. The van der Waals surface area contributed by atoms with Crippen molar-refractivity contribution < 1.29 is 8.95 Å². The predicted octanol–water partition coefficient (Wildman–Crippen LogP) is 1.86. The highest BCUT2D eigenvalue weighted by molar-refractivity contribution is 9.10. The summed E-state index contributed by atoms with van der Waals surface area (Å²) in [5.74, 6) is 0.497. The van der Waals surface area contributed by atoms with E-state index >= 15 is 0 Å². The lowest BCUT2D eigenvalue weighted by molar-refractivity contribution is -0.0141. The average molecular weight is 347 g/mol. The third kappa shape index (κ3) is 4.02. The lowest BCUT2D eigenvalue weighted by atomic mass is 10.3. The van der Waals surface area contributed by atoms with Gasteiger partial charge in [0.05, 0.1) is 34.2 Å². The van der Waals surface area contributed by atoms with Gasteiger partial charge >= 0.3 is 0 Å². The highest BCUT2D eigenvalue weighted by Gasteiger charge is 2.22. The minimum absolute atomic E-state index is 0.0212. The summed E-state index contributed by atoms with van der Waals surface area (Å²) in [4.78, 5) is 3.00. The molecule has 6 heteroatoms. The number of anilines is 1. The van der Waals surface area contributed by atoms with Crippen molar-refractivity contribution >= 4 is 32.4 Å². The first-order valence-electron chi connectivity index (χ1n) is 6.37. The van der Waals surface area contributed by atoms with E-state index in [1.54, 1.807) is 6.07 Å². The number of morpholine rings is 1. The fourth-order valence-corrected chi connectivity index (χ4v) is 3.95. The number of nitrogens with zero attached hydrogens (tertiary/aromatic N) is 1. The predicted molar refractivity (Wildman–Crippen MR) is 81.7 cm³/mol. The van der Waals surface area contributed by atoms with Gasteiger partial charge in [-0.15, -0.1) is 0 Å². The molecule has 1 heterocycles. The highest BCUT2D eigenvalue weighted by Crippen LogP contribution is 2.23. The Morgan fingerprint density at radius 2 is 2.37 bits per heavy atom. The second-order valence-corrected chi connectivity index (χ2v) is 6.96. The van der Waals surface area contributed by atoms with E-state index in [0.29, 0.717) is 22.9 Å². The molecular formula is C13H19BrN2O2S. The van der Waals surface area contributed by atoms with Crippen LogP contribution in [0.15, 0.2) is 27.6 Å². The molecule has 1 aliphatic rings. The van der Waals surface area contributed by atoms with Gasteiger partial charge in [-0.2, -0.15) is 0 Å². The second-order valence-electron chi connectivity index (χ2n) is 4.58. The molecule has 1 fully saturated rings. The Morgan fingerprint density at radius 3 is 3.11 bits per heavy atom. The van der Waals surface area contributed by atoms with Crippen molar-refractivity contribution in [2.45, 2.75) is 17.9 Å². The quantitative estimate of drug-likeness (QED) is 0.845. The molecule has 2 N–H and O–H groups in total. The van der Waals surface area contributed by atoms with Crippen LogP contribution in [-0.2, 0) is 15.5 Å². The number of rotatable bonds is 4. The largest absolute Gasteiger partial charge is 0.398 e. The minimum atomic E-state index is -1.13. The summed E-state index contributed by atoms with van der Waals surface area (Å²) < 4.78 is 19.0. The zero-order valence-corrected chi connectivity index (χ0v) is 13.4. The first kappa shape index (κ1) is 15.0. The normalized spacial score (nSPS) is 22.3. The molecule has 0 spiro atoms. The molecule has 1 aliphatic heterocycles. The summed E-state index contributed by atoms with van der Waals surface area (Å²) in [6.07, 6.45) is 0.0212. The van der Waals surface area contributed by atoms with Gasteiger partial charge in [0.2, 0.25) is 0 Å². The zero-order chi connectivity index (χ0) is 13.8. The van der Waals surface area contributed by atoms with Gasteiger partial charge in [0.25, 0.3) is 0 Å². The molecule has 2 atom stereocenters. The van der Waals surface area contributed by atoms with Gasteiger partial charge in [-0.3, -0.25) is 9.11 Å². The molecule has 0 amide bonds. The second kappa shape index (κ2) is 6.83. The molecule has 2 rings (SSSR count). The van der Waals surface area contributed by atoms with Crippen molar-refractivity contribution in [3.63, 3.8) is 0 Å². The summed E-state index contributed by atoms with van der Waals surface area (Å²) in [5, 5.41) is 0. The van der Waals surface area contributed by atoms with E-state index in [0.717, 1.165) is 24.1 Å². The van der Waals surface area contributed by atoms with Crippen molar-refractivity contribution in [1.82, 2.24) is 4.90 Å². The molecule has 0 saturated carbocycles. The molecule has 0 aromatic heterocycles. The first-order chi connectivity index (χ1) is 9.10. The van der Waals surface area contributed by atoms with Crippen molar-refractivity contribution in [2.75, 3.05) is 37.7 Å². The van der Waals surface area contributed by atoms with Crippen molar-refractivity contribution in [3.8, 4) is 0 Å². The fraction of sp³-hybridized carbons (Fsp3) is 0.538. The molecule has 1 aromatic carbocycles. The Bertz CT molecular complexity index is 470. The van der Waals surface area contributed by atoms with E-state index < -0.39 is 10.8 Å². The smallest absolute Gasteiger partial charge is 0.0821 e. The number of benzene rings is 1. The van der Waals surface area contributed by atoms with E-state index in [9.17, 15) is 4.21 Å². The first-order valence-corrected chi connectivity index (χ1v) is 8.48. The van der Waals surface area contributed by atoms with Gasteiger partial charge in [-0.25, -0.2) is 0 Å². The number of nitrogen functional groups attached to an aromatic ring is 1. The summed E-state index contributed by atoms with van der Waals surface area (Å²) in [6, 6.07) is 5.45. The molecule has 0 aliphatic carbocycles. The molecule has 106 valence electrons. The van der Waals surface area contributed by atoms with Gasteiger partial charge in [0.15, 0.2) is 0 Å². The fourth-order valence-electron chi connectivity index (χ4n) is 2.13. The van der Waals surface area contributed by atoms with E-state index in [1.165, 1.54) is 0 Å². The maximum atomic E-state index is 12.4. The highest BCUT2D eigenvalue weighted by atomic mass is 79.9. The van der Waals surface area contributed by atoms with E-state index in [-0.39, 0.29) is 6.10 Å². The number of hydrogen-bond donors (Lipinski definition) is 1. The van der Waals surface area contributed by atoms with Crippen LogP contribution < -0.4 is 5.73 Å². The molecule has 0 bridgehead atoms. The monoisotopic (exact) mass is 346 g/mol. The topological polar surface area (TPSA) is 55.6 Å². The van der Waals surface area contributed by atoms with Crippen molar-refractivity contribution in [2.24, 2.45) is 0 Å². The van der Waals surface area contributed by atoms with Gasteiger partial charge in [0.1, 0.15) is 0 Å². The maximum absolute atomic E-state index is 12.4. The molecular weight excluding hydrogens is 328 g/mol. The molecule has 4 nitrogen and oxygen atoms in total. The van der Waals surface area contributed by atoms with Crippen LogP contribution in [0.25, 0.3) is 0 Å². The third-order valence-corrected chi connectivity index (χ3v) is 5.24. The van der Waals surface area contributed by atoms with E-state index in [2.05, 4.69) is 27.8 Å². The van der Waals surface area contributed by atoms with Crippen LogP contribution in [-0.4, -0.2) is 47.2 Å². The van der Waals surface area contributed by atoms with Gasteiger partial charge in [-0.05, 0) is 24.7 Å². The Kier molecular flexibility index (Phi) is 5.38. The van der Waals surface area contributed by atoms with Crippen LogP contribution in [0.1, 0.15) is 6.92 Å². The standard InChI is InChI=1S/C13H19BrN2O2S/c1-2-16-5-6-18-11(8-16)9-19(17)13-7-10(14)3-4-12(13)15/h3-4,7,11H,2,5-6,8-9,15H2,1H3. The van der Waals surface area contributed by atoms with Gasteiger partial charge < -0.3 is 10.5 Å². The lowest BCUT2D eigenvalue weighted by Gasteiger charge is -2.31. The SMILES string of the molecule is CCN1CCOC(CS(=O)c2cc(Br)ccc2N)C1. The molecule has 2 unspecified atom stereocenters.